The first-order valence-corrected chi connectivity index (χ1v) is 15.1. The number of hydrogen-bond donors (Lipinski definition) is 0. The molecule has 1 aliphatic heterocycles. The van der Waals surface area contributed by atoms with Crippen molar-refractivity contribution in [3.8, 4) is 0 Å². The topological polar surface area (TPSA) is 43.4 Å². The van der Waals surface area contributed by atoms with Gasteiger partial charge in [0, 0.05) is 6.42 Å². The molecule has 34 heavy (non-hydrogen) atoms. The molecule has 198 valence electrons. The zero-order valence-electron chi connectivity index (χ0n) is 22.6. The number of allylic oxidation sites excluding steroid dienone is 1. The molecule has 1 aliphatic rings. The number of cyclic esters (lactones) is 2. The summed E-state index contributed by atoms with van der Waals surface area (Å²) >= 11 is 0. The van der Waals surface area contributed by atoms with Crippen LogP contribution in [0.25, 0.3) is 0 Å². The Morgan fingerprint density at radius 1 is 0.647 bits per heavy atom. The van der Waals surface area contributed by atoms with Gasteiger partial charge in [0.1, 0.15) is 0 Å². The number of carbonyl (C=O) groups excluding carboxylic acids is 2. The zero-order valence-corrected chi connectivity index (χ0v) is 22.6. The highest BCUT2D eigenvalue weighted by atomic mass is 16.6. The van der Waals surface area contributed by atoms with Crippen LogP contribution in [0.2, 0.25) is 0 Å². The van der Waals surface area contributed by atoms with Crippen molar-refractivity contribution in [3.05, 3.63) is 12.2 Å². The van der Waals surface area contributed by atoms with Gasteiger partial charge < -0.3 is 4.74 Å². The number of esters is 2. The Kier molecular flexibility index (Phi) is 21.5. The summed E-state index contributed by atoms with van der Waals surface area (Å²) in [5, 5.41) is 0. The maximum atomic E-state index is 12.5. The molecule has 1 unspecified atom stereocenters. The van der Waals surface area contributed by atoms with Crippen LogP contribution in [0.3, 0.4) is 0 Å². The number of ether oxygens (including phenoxy) is 1. The van der Waals surface area contributed by atoms with E-state index in [2.05, 4.69) is 13.0 Å². The Labute approximate surface area is 211 Å². The molecular formula is C31H56O3. The van der Waals surface area contributed by atoms with Gasteiger partial charge in [0.05, 0.1) is 5.92 Å². The fourth-order valence-corrected chi connectivity index (χ4v) is 4.94. The van der Waals surface area contributed by atoms with Crippen LogP contribution in [0, 0.1) is 5.92 Å². The highest BCUT2D eigenvalue weighted by Gasteiger charge is 2.20. The molecule has 1 fully saturated rings. The molecule has 0 bridgehead atoms. The van der Waals surface area contributed by atoms with E-state index in [4.69, 9.17) is 4.74 Å². The lowest BCUT2D eigenvalue weighted by atomic mass is 9.98. The molecule has 0 aliphatic carbocycles. The lowest BCUT2D eigenvalue weighted by Gasteiger charge is -2.12. The molecule has 0 aromatic rings. The summed E-state index contributed by atoms with van der Waals surface area (Å²) in [6.45, 7) is 2.28. The van der Waals surface area contributed by atoms with Crippen LogP contribution in [0.4, 0.5) is 0 Å². The van der Waals surface area contributed by atoms with E-state index in [9.17, 15) is 9.59 Å². The summed E-state index contributed by atoms with van der Waals surface area (Å²) in [4.78, 5) is 24.5. The Morgan fingerprint density at radius 2 is 1.12 bits per heavy atom. The molecule has 3 heteroatoms. The first-order chi connectivity index (χ1) is 16.7. The van der Waals surface area contributed by atoms with Crippen molar-refractivity contribution in [2.45, 2.75) is 167 Å². The molecular weight excluding hydrogens is 420 g/mol. The molecule has 0 amide bonds. The second kappa shape index (κ2) is 23.6. The average Bonchev–Trinajstić information content (AvgIpc) is 2.83. The van der Waals surface area contributed by atoms with Gasteiger partial charge >= 0.3 is 11.9 Å². The Hall–Kier alpha value is -1.12. The standard InChI is InChI=1S/C31H56O3/c1-2-3-4-5-6-7-8-9-10-11-12-13-14-17-20-23-26-29-27-24-21-18-15-16-19-22-25-28-30(32)34-31(29)33/h23,26,29H,2-22,24-25,27-28H2,1H3/b26-23-. The van der Waals surface area contributed by atoms with Crippen molar-refractivity contribution in [1.82, 2.24) is 0 Å². The van der Waals surface area contributed by atoms with Crippen molar-refractivity contribution in [2.75, 3.05) is 0 Å². The fraction of sp³-hybridized carbons (Fsp3) is 0.871. The minimum atomic E-state index is -0.340. The van der Waals surface area contributed by atoms with E-state index in [0.717, 1.165) is 32.1 Å². The maximum Gasteiger partial charge on any atom is 0.320 e. The number of unbranched alkanes of at least 4 members (excludes halogenated alkanes) is 14. The summed E-state index contributed by atoms with van der Waals surface area (Å²) in [6.07, 6.45) is 34.7. The van der Waals surface area contributed by atoms with Crippen LogP contribution >= 0.6 is 0 Å². The maximum absolute atomic E-state index is 12.5. The van der Waals surface area contributed by atoms with E-state index in [1.165, 1.54) is 122 Å². The highest BCUT2D eigenvalue weighted by Crippen LogP contribution is 2.19. The van der Waals surface area contributed by atoms with Gasteiger partial charge in [-0.2, -0.15) is 0 Å². The summed E-state index contributed by atoms with van der Waals surface area (Å²) in [5.41, 5.74) is 0. The van der Waals surface area contributed by atoms with E-state index in [-0.39, 0.29) is 17.9 Å². The van der Waals surface area contributed by atoms with Gasteiger partial charge in [0.2, 0.25) is 0 Å². The molecule has 0 radical (unpaired) electrons. The molecule has 1 rings (SSSR count). The monoisotopic (exact) mass is 476 g/mol. The van der Waals surface area contributed by atoms with Crippen molar-refractivity contribution >= 4 is 11.9 Å². The predicted molar refractivity (Wildman–Crippen MR) is 145 cm³/mol. The van der Waals surface area contributed by atoms with Crippen LogP contribution in [-0.2, 0) is 14.3 Å². The van der Waals surface area contributed by atoms with E-state index in [1.807, 2.05) is 6.08 Å². The second-order valence-corrected chi connectivity index (χ2v) is 10.6. The fourth-order valence-electron chi connectivity index (χ4n) is 4.94. The van der Waals surface area contributed by atoms with Gasteiger partial charge in [-0.05, 0) is 25.7 Å². The summed E-state index contributed by atoms with van der Waals surface area (Å²) in [5.74, 6) is -0.926. The van der Waals surface area contributed by atoms with E-state index in [0.29, 0.717) is 6.42 Å². The lowest BCUT2D eigenvalue weighted by Crippen LogP contribution is -2.20. The Balaban J connectivity index is 2.09. The first-order valence-electron chi connectivity index (χ1n) is 15.1. The number of rotatable bonds is 16. The van der Waals surface area contributed by atoms with Gasteiger partial charge in [-0.15, -0.1) is 0 Å². The van der Waals surface area contributed by atoms with Gasteiger partial charge in [-0.3, -0.25) is 9.59 Å². The molecule has 0 spiro atoms. The van der Waals surface area contributed by atoms with Gasteiger partial charge in [0.15, 0.2) is 0 Å². The zero-order chi connectivity index (χ0) is 24.5. The van der Waals surface area contributed by atoms with Crippen LogP contribution in [-0.4, -0.2) is 11.9 Å². The lowest BCUT2D eigenvalue weighted by molar-refractivity contribution is -0.161. The molecule has 0 aromatic carbocycles. The third-order valence-corrected chi connectivity index (χ3v) is 7.26. The van der Waals surface area contributed by atoms with Crippen LogP contribution in [0.15, 0.2) is 12.2 Å². The molecule has 1 heterocycles. The molecule has 1 saturated heterocycles. The van der Waals surface area contributed by atoms with Crippen LogP contribution < -0.4 is 0 Å². The largest absolute Gasteiger partial charge is 0.393 e. The predicted octanol–water partition coefficient (Wildman–Crippen LogP) is 10.0. The van der Waals surface area contributed by atoms with E-state index in [1.54, 1.807) is 0 Å². The Morgan fingerprint density at radius 3 is 1.68 bits per heavy atom. The molecule has 0 N–H and O–H groups in total. The van der Waals surface area contributed by atoms with Crippen molar-refractivity contribution in [2.24, 2.45) is 5.92 Å². The van der Waals surface area contributed by atoms with E-state index < -0.39 is 0 Å². The third kappa shape index (κ3) is 19.2. The number of hydrogen-bond acceptors (Lipinski definition) is 3. The minimum absolute atomic E-state index is 0.251. The molecule has 1 atom stereocenters. The van der Waals surface area contributed by atoms with Gasteiger partial charge in [-0.25, -0.2) is 0 Å². The van der Waals surface area contributed by atoms with Gasteiger partial charge in [-0.1, -0.05) is 147 Å². The minimum Gasteiger partial charge on any atom is -0.393 e. The second-order valence-electron chi connectivity index (χ2n) is 10.6. The quantitative estimate of drug-likeness (QED) is 0.0963. The summed E-state index contributed by atoms with van der Waals surface area (Å²) < 4.78 is 5.16. The average molecular weight is 477 g/mol. The first kappa shape index (κ1) is 30.9. The Bertz CT molecular complexity index is 511. The SMILES string of the molecule is CCCCCCCCCCCCCCCC/C=C\C1CCCCCCCCCCC(=O)OC1=O. The molecule has 0 saturated carbocycles. The van der Waals surface area contributed by atoms with E-state index >= 15 is 0 Å². The molecule has 0 aromatic heterocycles. The number of carbonyl (C=O) groups is 2. The molecule has 3 nitrogen and oxygen atoms in total. The van der Waals surface area contributed by atoms with Crippen LogP contribution in [0.1, 0.15) is 167 Å². The van der Waals surface area contributed by atoms with Gasteiger partial charge in [0.25, 0.3) is 0 Å². The summed E-state index contributed by atoms with van der Waals surface area (Å²) in [7, 11) is 0. The summed E-state index contributed by atoms with van der Waals surface area (Å²) in [6, 6.07) is 0. The third-order valence-electron chi connectivity index (χ3n) is 7.26. The van der Waals surface area contributed by atoms with Crippen LogP contribution in [0.5, 0.6) is 0 Å². The van der Waals surface area contributed by atoms with Crippen molar-refractivity contribution in [1.29, 1.82) is 0 Å². The smallest absolute Gasteiger partial charge is 0.320 e. The van der Waals surface area contributed by atoms with Crippen molar-refractivity contribution < 1.29 is 14.3 Å². The highest BCUT2D eigenvalue weighted by molar-refractivity contribution is 5.87. The normalized spacial score (nSPS) is 19.3. The van der Waals surface area contributed by atoms with Crippen molar-refractivity contribution in [3.63, 3.8) is 0 Å².